The minimum atomic E-state index is -0.243. The van der Waals surface area contributed by atoms with Gasteiger partial charge in [0.25, 0.3) is 0 Å². The summed E-state index contributed by atoms with van der Waals surface area (Å²) in [4.78, 5) is 22.6. The van der Waals surface area contributed by atoms with Crippen molar-refractivity contribution in [3.63, 3.8) is 0 Å². The third-order valence-electron chi connectivity index (χ3n) is 1.81. The molecular weight excluding hydrogens is 158 g/mol. The highest BCUT2D eigenvalue weighted by Gasteiger charge is 2.18. The molecule has 12 heavy (non-hydrogen) atoms. The van der Waals surface area contributed by atoms with E-state index in [0.29, 0.717) is 19.6 Å². The van der Waals surface area contributed by atoms with Gasteiger partial charge in [0.05, 0.1) is 6.61 Å². The Morgan fingerprint density at radius 1 is 1.58 bits per heavy atom. The molecule has 1 aliphatic heterocycles. The van der Waals surface area contributed by atoms with Gasteiger partial charge in [0, 0.05) is 19.5 Å². The standard InChI is InChI=1S/C8H13NO3/c10-6-2-1-4-9-5-3-7-12-8(9)11/h6H,1-5,7H2. The summed E-state index contributed by atoms with van der Waals surface area (Å²) in [5.74, 6) is 0. The molecule has 1 rings (SSSR count). The Balaban J connectivity index is 2.20. The molecule has 68 valence electrons. The fourth-order valence-corrected chi connectivity index (χ4v) is 1.17. The van der Waals surface area contributed by atoms with Gasteiger partial charge < -0.3 is 14.4 Å². The van der Waals surface area contributed by atoms with Crippen LogP contribution >= 0.6 is 0 Å². The van der Waals surface area contributed by atoms with Crippen molar-refractivity contribution in [2.75, 3.05) is 19.7 Å². The second-order valence-electron chi connectivity index (χ2n) is 2.76. The quantitative estimate of drug-likeness (QED) is 0.464. The van der Waals surface area contributed by atoms with Crippen LogP contribution in [-0.2, 0) is 9.53 Å². The van der Waals surface area contributed by atoms with Gasteiger partial charge in [-0.05, 0) is 12.8 Å². The highest BCUT2D eigenvalue weighted by atomic mass is 16.6. The van der Waals surface area contributed by atoms with Crippen LogP contribution in [0.5, 0.6) is 0 Å². The van der Waals surface area contributed by atoms with Crippen molar-refractivity contribution in [3.05, 3.63) is 0 Å². The second-order valence-corrected chi connectivity index (χ2v) is 2.76. The van der Waals surface area contributed by atoms with Crippen molar-refractivity contribution in [1.82, 2.24) is 4.90 Å². The van der Waals surface area contributed by atoms with Crippen LogP contribution in [0.4, 0.5) is 4.79 Å². The van der Waals surface area contributed by atoms with Crippen LogP contribution in [0.3, 0.4) is 0 Å². The molecule has 0 unspecified atom stereocenters. The molecule has 1 amide bonds. The lowest BCUT2D eigenvalue weighted by Crippen LogP contribution is -2.38. The fraction of sp³-hybridized carbons (Fsp3) is 0.750. The molecule has 0 radical (unpaired) electrons. The number of rotatable bonds is 4. The highest BCUT2D eigenvalue weighted by Crippen LogP contribution is 2.05. The smallest absolute Gasteiger partial charge is 0.409 e. The molecule has 1 saturated heterocycles. The SMILES string of the molecule is O=CCCCN1CCCOC1=O. The van der Waals surface area contributed by atoms with Gasteiger partial charge in [0.1, 0.15) is 6.29 Å². The van der Waals surface area contributed by atoms with Gasteiger partial charge in [-0.3, -0.25) is 0 Å². The number of hydrogen-bond acceptors (Lipinski definition) is 3. The summed E-state index contributed by atoms with van der Waals surface area (Å²) >= 11 is 0. The van der Waals surface area contributed by atoms with Crippen LogP contribution < -0.4 is 0 Å². The average molecular weight is 171 g/mol. The van der Waals surface area contributed by atoms with Crippen molar-refractivity contribution in [1.29, 1.82) is 0 Å². The zero-order valence-corrected chi connectivity index (χ0v) is 6.99. The lowest BCUT2D eigenvalue weighted by Gasteiger charge is -2.25. The lowest BCUT2D eigenvalue weighted by atomic mass is 10.3. The van der Waals surface area contributed by atoms with E-state index in [1.807, 2.05) is 0 Å². The third-order valence-corrected chi connectivity index (χ3v) is 1.81. The number of carbonyl (C=O) groups excluding carboxylic acids is 2. The Bertz CT molecular complexity index is 170. The normalized spacial score (nSPS) is 17.3. The van der Waals surface area contributed by atoms with Crippen LogP contribution in [0, 0.1) is 0 Å². The van der Waals surface area contributed by atoms with E-state index >= 15 is 0 Å². The molecule has 0 N–H and O–H groups in total. The minimum absolute atomic E-state index is 0.243. The van der Waals surface area contributed by atoms with Crippen LogP contribution in [0.25, 0.3) is 0 Å². The number of nitrogens with zero attached hydrogens (tertiary/aromatic N) is 1. The number of carbonyl (C=O) groups is 2. The summed E-state index contributed by atoms with van der Waals surface area (Å²) in [6, 6.07) is 0. The van der Waals surface area contributed by atoms with E-state index in [1.165, 1.54) is 0 Å². The predicted octanol–water partition coefficient (Wildman–Crippen LogP) is 0.808. The van der Waals surface area contributed by atoms with Crippen molar-refractivity contribution in [2.24, 2.45) is 0 Å². The number of ether oxygens (including phenoxy) is 1. The zero-order chi connectivity index (χ0) is 8.81. The van der Waals surface area contributed by atoms with Gasteiger partial charge in [0.15, 0.2) is 0 Å². The molecule has 0 aromatic rings. The first-order valence-corrected chi connectivity index (χ1v) is 4.20. The van der Waals surface area contributed by atoms with Crippen LogP contribution in [0.15, 0.2) is 0 Å². The number of hydrogen-bond donors (Lipinski definition) is 0. The van der Waals surface area contributed by atoms with E-state index in [-0.39, 0.29) is 6.09 Å². The summed E-state index contributed by atoms with van der Waals surface area (Å²) in [5, 5.41) is 0. The van der Waals surface area contributed by atoms with Gasteiger partial charge in [-0.15, -0.1) is 0 Å². The lowest BCUT2D eigenvalue weighted by molar-refractivity contribution is -0.108. The van der Waals surface area contributed by atoms with Crippen molar-refractivity contribution >= 4 is 12.4 Å². The summed E-state index contributed by atoms with van der Waals surface area (Å²) in [6.45, 7) is 1.93. The molecule has 0 atom stereocenters. The van der Waals surface area contributed by atoms with Crippen molar-refractivity contribution in [2.45, 2.75) is 19.3 Å². The molecule has 1 aliphatic rings. The number of unbranched alkanes of at least 4 members (excludes halogenated alkanes) is 1. The number of amides is 1. The van der Waals surface area contributed by atoms with Crippen molar-refractivity contribution in [3.8, 4) is 0 Å². The molecule has 0 aromatic heterocycles. The summed E-state index contributed by atoms with van der Waals surface area (Å²) < 4.78 is 4.82. The van der Waals surface area contributed by atoms with Crippen LogP contribution in [0.1, 0.15) is 19.3 Å². The molecular formula is C8H13NO3. The first-order valence-electron chi connectivity index (χ1n) is 4.20. The van der Waals surface area contributed by atoms with Gasteiger partial charge in [-0.2, -0.15) is 0 Å². The Kier molecular flexibility index (Phi) is 3.57. The predicted molar refractivity (Wildman–Crippen MR) is 42.8 cm³/mol. The van der Waals surface area contributed by atoms with Crippen molar-refractivity contribution < 1.29 is 14.3 Å². The molecule has 0 aliphatic carbocycles. The maximum atomic E-state index is 11.0. The monoisotopic (exact) mass is 171 g/mol. The Morgan fingerprint density at radius 2 is 2.42 bits per heavy atom. The minimum Gasteiger partial charge on any atom is -0.449 e. The van der Waals surface area contributed by atoms with E-state index in [4.69, 9.17) is 4.74 Å². The fourth-order valence-electron chi connectivity index (χ4n) is 1.17. The van der Waals surface area contributed by atoms with Gasteiger partial charge in [-0.25, -0.2) is 4.79 Å². The molecule has 4 heteroatoms. The van der Waals surface area contributed by atoms with E-state index in [0.717, 1.165) is 25.7 Å². The third kappa shape index (κ3) is 2.53. The van der Waals surface area contributed by atoms with Gasteiger partial charge in [0.2, 0.25) is 0 Å². The van der Waals surface area contributed by atoms with Gasteiger partial charge in [-0.1, -0.05) is 0 Å². The molecule has 0 spiro atoms. The topological polar surface area (TPSA) is 46.6 Å². The van der Waals surface area contributed by atoms with E-state index < -0.39 is 0 Å². The molecule has 0 bridgehead atoms. The molecule has 1 heterocycles. The zero-order valence-electron chi connectivity index (χ0n) is 6.99. The Hall–Kier alpha value is -1.06. The van der Waals surface area contributed by atoms with E-state index in [2.05, 4.69) is 0 Å². The summed E-state index contributed by atoms with van der Waals surface area (Å²) in [6.07, 6.45) is 2.77. The first kappa shape index (κ1) is 9.03. The summed E-state index contributed by atoms with van der Waals surface area (Å²) in [7, 11) is 0. The van der Waals surface area contributed by atoms with E-state index in [1.54, 1.807) is 4.90 Å². The maximum Gasteiger partial charge on any atom is 0.409 e. The van der Waals surface area contributed by atoms with Crippen LogP contribution in [-0.4, -0.2) is 37.0 Å². The average Bonchev–Trinajstić information content (AvgIpc) is 2.09. The molecule has 1 fully saturated rings. The first-order chi connectivity index (χ1) is 5.84. The van der Waals surface area contributed by atoms with E-state index in [9.17, 15) is 9.59 Å². The molecule has 4 nitrogen and oxygen atoms in total. The second kappa shape index (κ2) is 4.74. The van der Waals surface area contributed by atoms with Crippen LogP contribution in [0.2, 0.25) is 0 Å². The maximum absolute atomic E-state index is 11.0. The van der Waals surface area contributed by atoms with Gasteiger partial charge >= 0.3 is 6.09 Å². The Labute approximate surface area is 71.5 Å². The Morgan fingerprint density at radius 3 is 3.08 bits per heavy atom. The highest BCUT2D eigenvalue weighted by molar-refractivity contribution is 5.68. The molecule has 0 saturated carbocycles. The molecule has 0 aromatic carbocycles. The number of cyclic esters (lactones) is 1. The number of aldehydes is 1. The summed E-state index contributed by atoms with van der Waals surface area (Å²) in [5.41, 5.74) is 0. The largest absolute Gasteiger partial charge is 0.449 e.